The molecule has 1 saturated heterocycles. The molecule has 1 heterocycles. The molecule has 1 aromatic carbocycles. The van der Waals surface area contributed by atoms with Crippen molar-refractivity contribution in [2.24, 2.45) is 4.99 Å². The monoisotopic (exact) mass is 557 g/mol. The van der Waals surface area contributed by atoms with Crippen molar-refractivity contribution in [1.29, 1.82) is 0 Å². The molecule has 0 spiro atoms. The van der Waals surface area contributed by atoms with Crippen molar-refractivity contribution in [3.8, 4) is 0 Å². The fraction of sp³-hybridized carbons (Fsp3) is 0.632. The van der Waals surface area contributed by atoms with Gasteiger partial charge in [-0.15, -0.1) is 24.0 Å². The summed E-state index contributed by atoms with van der Waals surface area (Å²) in [6, 6.07) is 8.09. The minimum Gasteiger partial charge on any atom is -0.368 e. The zero-order chi connectivity index (χ0) is 20.6. The number of para-hydroxylation sites is 1. The number of piperidine rings is 1. The highest BCUT2D eigenvalue weighted by Gasteiger charge is 2.23. The zero-order valence-corrected chi connectivity index (χ0v) is 21.3. The summed E-state index contributed by atoms with van der Waals surface area (Å²) in [5, 5.41) is 7.30. The predicted molar refractivity (Wildman–Crippen MR) is 133 cm³/mol. The molecule has 0 bridgehead atoms. The van der Waals surface area contributed by atoms with Crippen LogP contribution in [0.1, 0.15) is 26.7 Å². The second-order valence-electron chi connectivity index (χ2n) is 6.78. The number of hydrogen-bond donors (Lipinski definition) is 2. The van der Waals surface area contributed by atoms with Gasteiger partial charge in [0.25, 0.3) is 0 Å². The molecule has 0 aliphatic carbocycles. The molecule has 29 heavy (non-hydrogen) atoms. The van der Waals surface area contributed by atoms with Gasteiger partial charge in [-0.1, -0.05) is 37.6 Å². The summed E-state index contributed by atoms with van der Waals surface area (Å²) in [6.45, 7) is 6.79. The Morgan fingerprint density at radius 3 is 2.62 bits per heavy atom. The van der Waals surface area contributed by atoms with Crippen LogP contribution in [0.4, 0.5) is 5.69 Å². The number of rotatable bonds is 8. The maximum Gasteiger partial charge on any atom is 0.215 e. The highest BCUT2D eigenvalue weighted by molar-refractivity contribution is 14.0. The highest BCUT2D eigenvalue weighted by atomic mass is 127. The normalized spacial score (nSPS) is 17.8. The number of halogens is 2. The summed E-state index contributed by atoms with van der Waals surface area (Å²) in [4.78, 5) is 6.52. The molecule has 0 saturated carbocycles. The van der Waals surface area contributed by atoms with Crippen molar-refractivity contribution in [3.63, 3.8) is 0 Å². The Morgan fingerprint density at radius 1 is 1.31 bits per heavy atom. The molecular weight excluding hydrogens is 525 g/mol. The maximum absolute atomic E-state index is 12.3. The molecule has 0 aromatic heterocycles. The van der Waals surface area contributed by atoms with Crippen LogP contribution in [0.15, 0.2) is 29.3 Å². The number of guanidine groups is 1. The molecule has 1 fully saturated rings. The van der Waals surface area contributed by atoms with Crippen LogP contribution in [0.2, 0.25) is 5.02 Å². The average Bonchev–Trinajstić information content (AvgIpc) is 2.68. The second kappa shape index (κ2) is 12.8. The minimum atomic E-state index is -3.24. The van der Waals surface area contributed by atoms with Gasteiger partial charge < -0.3 is 15.5 Å². The van der Waals surface area contributed by atoms with Crippen molar-refractivity contribution in [1.82, 2.24) is 14.9 Å². The van der Waals surface area contributed by atoms with Crippen LogP contribution < -0.4 is 15.5 Å². The van der Waals surface area contributed by atoms with Gasteiger partial charge in [0.2, 0.25) is 10.0 Å². The van der Waals surface area contributed by atoms with E-state index in [0.717, 1.165) is 36.6 Å². The molecule has 0 radical (unpaired) electrons. The number of benzene rings is 1. The zero-order valence-electron chi connectivity index (χ0n) is 17.4. The Kier molecular flexibility index (Phi) is 11.6. The lowest BCUT2D eigenvalue weighted by atomic mass is 10.0. The number of nitrogens with one attached hydrogen (secondary N) is 2. The highest BCUT2D eigenvalue weighted by Crippen LogP contribution is 2.27. The Labute approximate surface area is 197 Å². The Balaban J connectivity index is 0.00000420. The maximum atomic E-state index is 12.3. The van der Waals surface area contributed by atoms with Gasteiger partial charge in [0.15, 0.2) is 5.96 Å². The van der Waals surface area contributed by atoms with Crippen molar-refractivity contribution in [2.45, 2.75) is 32.7 Å². The summed E-state index contributed by atoms with van der Waals surface area (Å²) in [5.74, 6) is 0.673. The number of anilines is 1. The van der Waals surface area contributed by atoms with Gasteiger partial charge in [-0.25, -0.2) is 12.7 Å². The van der Waals surface area contributed by atoms with E-state index < -0.39 is 10.0 Å². The van der Waals surface area contributed by atoms with Crippen molar-refractivity contribution < 1.29 is 8.42 Å². The number of nitrogens with zero attached hydrogens (tertiary/aromatic N) is 3. The van der Waals surface area contributed by atoms with Crippen LogP contribution in [0.25, 0.3) is 0 Å². The van der Waals surface area contributed by atoms with Gasteiger partial charge in [0.1, 0.15) is 0 Å². The summed E-state index contributed by atoms with van der Waals surface area (Å²) >= 11 is 6.34. The van der Waals surface area contributed by atoms with E-state index in [0.29, 0.717) is 25.6 Å². The van der Waals surface area contributed by atoms with E-state index in [1.165, 1.54) is 4.31 Å². The topological polar surface area (TPSA) is 77.0 Å². The fourth-order valence-electron chi connectivity index (χ4n) is 3.45. The molecular formula is C19H33ClIN5O2S. The Bertz CT molecular complexity index is 759. The molecule has 166 valence electrons. The van der Waals surface area contributed by atoms with Crippen molar-refractivity contribution in [2.75, 3.05) is 50.4 Å². The lowest BCUT2D eigenvalue weighted by Gasteiger charge is -2.35. The summed E-state index contributed by atoms with van der Waals surface area (Å²) < 4.78 is 26.1. The van der Waals surface area contributed by atoms with Crippen LogP contribution in [0.3, 0.4) is 0 Å². The number of hydrogen-bond acceptors (Lipinski definition) is 4. The molecule has 1 atom stereocenters. The quantitative estimate of drug-likeness (QED) is 0.292. The van der Waals surface area contributed by atoms with E-state index >= 15 is 0 Å². The van der Waals surface area contributed by atoms with Crippen LogP contribution in [0.5, 0.6) is 0 Å². The molecule has 1 aliphatic rings. The van der Waals surface area contributed by atoms with Gasteiger partial charge in [0.05, 0.1) is 16.5 Å². The third kappa shape index (κ3) is 7.76. The third-order valence-corrected chi connectivity index (χ3v) is 7.27. The van der Waals surface area contributed by atoms with E-state index in [1.807, 2.05) is 38.1 Å². The fourth-order valence-corrected chi connectivity index (χ4v) is 5.11. The SMILES string of the molecule is CCN(CC)S(=O)(=O)CCNC(=NC)NC1CCCN(c2ccccc2Cl)C1.I. The first-order chi connectivity index (χ1) is 13.4. The van der Waals surface area contributed by atoms with Crippen LogP contribution >= 0.6 is 35.6 Å². The van der Waals surface area contributed by atoms with Gasteiger partial charge in [0, 0.05) is 45.8 Å². The first kappa shape index (κ1) is 26.3. The van der Waals surface area contributed by atoms with Gasteiger partial charge in [-0.3, -0.25) is 4.99 Å². The predicted octanol–water partition coefficient (Wildman–Crippen LogP) is 2.76. The van der Waals surface area contributed by atoms with Gasteiger partial charge in [-0.05, 0) is 25.0 Å². The van der Waals surface area contributed by atoms with Crippen LogP contribution in [-0.4, -0.2) is 70.2 Å². The largest absolute Gasteiger partial charge is 0.368 e. The molecule has 0 amide bonds. The Morgan fingerprint density at radius 2 is 2.00 bits per heavy atom. The van der Waals surface area contributed by atoms with E-state index in [-0.39, 0.29) is 35.8 Å². The van der Waals surface area contributed by atoms with Crippen LogP contribution in [-0.2, 0) is 10.0 Å². The standard InChI is InChI=1S/C19H32ClN5O2S.HI/c1-4-25(5-2)28(26,27)14-12-22-19(21-3)23-16-9-8-13-24(15-16)18-11-7-6-10-17(18)20;/h6-7,10-11,16H,4-5,8-9,12-15H2,1-3H3,(H2,21,22,23);1H. The average molecular weight is 558 g/mol. The second-order valence-corrected chi connectivity index (χ2v) is 9.28. The molecule has 1 aromatic rings. The number of aliphatic imine (C=N–C) groups is 1. The van der Waals surface area contributed by atoms with Crippen molar-refractivity contribution in [3.05, 3.63) is 29.3 Å². The van der Waals surface area contributed by atoms with Crippen LogP contribution in [0, 0.1) is 0 Å². The smallest absolute Gasteiger partial charge is 0.215 e. The molecule has 1 unspecified atom stereocenters. The summed E-state index contributed by atoms with van der Waals surface area (Å²) in [7, 11) is -1.55. The lowest BCUT2D eigenvalue weighted by Crippen LogP contribution is -2.52. The first-order valence-electron chi connectivity index (χ1n) is 9.85. The van der Waals surface area contributed by atoms with E-state index in [9.17, 15) is 8.42 Å². The lowest BCUT2D eigenvalue weighted by molar-refractivity contribution is 0.444. The molecule has 10 heteroatoms. The van der Waals surface area contributed by atoms with E-state index in [2.05, 4.69) is 20.5 Å². The third-order valence-electron chi connectivity index (χ3n) is 4.93. The van der Waals surface area contributed by atoms with Gasteiger partial charge >= 0.3 is 0 Å². The van der Waals surface area contributed by atoms with E-state index in [1.54, 1.807) is 7.05 Å². The van der Waals surface area contributed by atoms with Crippen molar-refractivity contribution >= 4 is 57.2 Å². The summed E-state index contributed by atoms with van der Waals surface area (Å²) in [5.41, 5.74) is 1.05. The molecule has 1 aliphatic heterocycles. The molecule has 7 nitrogen and oxygen atoms in total. The summed E-state index contributed by atoms with van der Waals surface area (Å²) in [6.07, 6.45) is 2.08. The Hall–Kier alpha value is -0.780. The first-order valence-corrected chi connectivity index (χ1v) is 11.8. The minimum absolute atomic E-state index is 0. The number of sulfonamides is 1. The molecule has 2 N–H and O–H groups in total. The van der Waals surface area contributed by atoms with E-state index in [4.69, 9.17) is 11.6 Å². The molecule has 2 rings (SSSR count). The van der Waals surface area contributed by atoms with Gasteiger partial charge in [-0.2, -0.15) is 0 Å².